The molecule has 1 amide bonds. The van der Waals surface area contributed by atoms with Crippen molar-refractivity contribution < 1.29 is 48.7 Å². The van der Waals surface area contributed by atoms with Gasteiger partial charge >= 0.3 is 12.3 Å². The molecule has 43 heavy (non-hydrogen) atoms. The van der Waals surface area contributed by atoms with E-state index in [0.717, 1.165) is 41.1 Å². The van der Waals surface area contributed by atoms with Crippen molar-refractivity contribution >= 4 is 37.7 Å². The van der Waals surface area contributed by atoms with E-state index >= 15 is 0 Å². The molecule has 17 heteroatoms. The summed E-state index contributed by atoms with van der Waals surface area (Å²) < 4.78 is 122. The van der Waals surface area contributed by atoms with E-state index in [0.29, 0.717) is 33.2 Å². The Hall–Kier alpha value is -3.15. The zero-order valence-electron chi connectivity index (χ0n) is 23.5. The summed E-state index contributed by atoms with van der Waals surface area (Å²) in [6.45, 7) is 2.80. The van der Waals surface area contributed by atoms with Gasteiger partial charge in [-0.1, -0.05) is 6.42 Å². The molecule has 238 valence electrons. The van der Waals surface area contributed by atoms with Crippen LogP contribution in [0.3, 0.4) is 0 Å². The number of ether oxygens (including phenoxy) is 2. The van der Waals surface area contributed by atoms with Crippen LogP contribution >= 0.6 is 0 Å². The van der Waals surface area contributed by atoms with E-state index in [-0.39, 0.29) is 41.2 Å². The van der Waals surface area contributed by atoms with Crippen LogP contribution in [0.25, 0.3) is 0 Å². The third-order valence-corrected chi connectivity index (χ3v) is 10.6. The number of hydrogen-bond acceptors (Lipinski definition) is 7. The van der Waals surface area contributed by atoms with E-state index in [1.54, 1.807) is 6.92 Å². The highest BCUT2D eigenvalue weighted by Crippen LogP contribution is 2.39. The molecule has 2 aromatic rings. The maximum atomic E-state index is 13.7. The first kappa shape index (κ1) is 32.8. The minimum absolute atomic E-state index is 0.0120. The number of amides is 1. The average molecular weight is 653 g/mol. The molecule has 0 saturated carbocycles. The van der Waals surface area contributed by atoms with Gasteiger partial charge in [-0.2, -0.15) is 30.6 Å². The Kier molecular flexibility index (Phi) is 9.21. The van der Waals surface area contributed by atoms with Crippen LogP contribution in [0.15, 0.2) is 47.4 Å². The summed E-state index contributed by atoms with van der Waals surface area (Å²) >= 11 is 0. The molecule has 0 aromatic heterocycles. The summed E-state index contributed by atoms with van der Waals surface area (Å²) in [4.78, 5) is 12.0. The second kappa shape index (κ2) is 12.1. The Labute approximate surface area is 247 Å². The van der Waals surface area contributed by atoms with Crippen LogP contribution in [-0.4, -0.2) is 70.8 Å². The second-order valence-electron chi connectivity index (χ2n) is 10.7. The van der Waals surface area contributed by atoms with Crippen molar-refractivity contribution in [2.24, 2.45) is 0 Å². The summed E-state index contributed by atoms with van der Waals surface area (Å²) in [5.74, 6) is -0.686. The van der Waals surface area contributed by atoms with Gasteiger partial charge in [-0.05, 0) is 76.1 Å². The lowest BCUT2D eigenvalue weighted by molar-refractivity contribution is -0.242. The van der Waals surface area contributed by atoms with E-state index in [1.165, 1.54) is 16.4 Å². The number of nitrogens with one attached hydrogen (secondary N) is 2. The van der Waals surface area contributed by atoms with Gasteiger partial charge in [0, 0.05) is 18.3 Å². The van der Waals surface area contributed by atoms with Crippen molar-refractivity contribution in [3.8, 4) is 5.75 Å². The van der Waals surface area contributed by atoms with Gasteiger partial charge in [0.15, 0.2) is 0 Å². The zero-order chi connectivity index (χ0) is 31.8. The first-order valence-corrected chi connectivity index (χ1v) is 16.2. The summed E-state index contributed by atoms with van der Waals surface area (Å²) in [5, 5.41) is 2.15. The molecule has 2 heterocycles. The maximum Gasteiger partial charge on any atom is 0.427 e. The number of piperidine rings is 1. The minimum Gasteiger partial charge on any atom is -0.485 e. The molecule has 2 aromatic carbocycles. The molecular weight excluding hydrogens is 620 g/mol. The Morgan fingerprint density at radius 3 is 2.37 bits per heavy atom. The first-order valence-electron chi connectivity index (χ1n) is 13.3. The Morgan fingerprint density at radius 2 is 1.74 bits per heavy atom. The number of carbonyl (C=O) groups is 1. The monoisotopic (exact) mass is 652 g/mol. The second-order valence-corrected chi connectivity index (χ2v) is 14.3. The number of benzene rings is 2. The highest BCUT2D eigenvalue weighted by atomic mass is 32.2. The standard InChI is InChI=1S/C26H32F4N4O7S2/c1-17-6-4-5-13-33(17)43(38,39)31-15-20-16-34(42(36,37)21-10-7-18(27)8-11-21)22-14-19(9-12-23(22)40-20)32-24(35)41-25(2,3)26(28,29)30/h7-12,14,17,20,31H,4-6,13,15-16H2,1-3H3,(H,32,35). The largest absolute Gasteiger partial charge is 0.485 e. The number of alkyl halides is 3. The normalized spacial score (nSPS) is 20.2. The van der Waals surface area contributed by atoms with Crippen molar-refractivity contribution in [2.75, 3.05) is 29.3 Å². The average Bonchev–Trinajstić information content (AvgIpc) is 2.91. The molecule has 0 radical (unpaired) electrons. The number of anilines is 2. The molecule has 1 fully saturated rings. The number of halogens is 4. The third kappa shape index (κ3) is 7.33. The van der Waals surface area contributed by atoms with Gasteiger partial charge in [0.05, 0.1) is 23.7 Å². The predicted octanol–water partition coefficient (Wildman–Crippen LogP) is 4.38. The SMILES string of the molecule is CC1CCCCN1S(=O)(=O)NCC1CN(S(=O)(=O)c2ccc(F)cc2)c2cc(NC(=O)OC(C)(C)C(F)(F)F)ccc2O1. The molecule has 4 rings (SSSR count). The van der Waals surface area contributed by atoms with Gasteiger partial charge < -0.3 is 9.47 Å². The lowest BCUT2D eigenvalue weighted by Crippen LogP contribution is -2.52. The molecule has 2 unspecified atom stereocenters. The lowest BCUT2D eigenvalue weighted by Gasteiger charge is -2.37. The van der Waals surface area contributed by atoms with Crippen molar-refractivity contribution in [1.29, 1.82) is 0 Å². The quantitative estimate of drug-likeness (QED) is 0.405. The minimum atomic E-state index is -4.85. The van der Waals surface area contributed by atoms with Crippen LogP contribution in [0.1, 0.15) is 40.0 Å². The van der Waals surface area contributed by atoms with Gasteiger partial charge in [0.2, 0.25) is 5.60 Å². The van der Waals surface area contributed by atoms with Crippen molar-refractivity contribution in [2.45, 2.75) is 68.9 Å². The highest BCUT2D eigenvalue weighted by molar-refractivity contribution is 7.92. The Bertz CT molecular complexity index is 1550. The Balaban J connectivity index is 1.61. The van der Waals surface area contributed by atoms with Crippen LogP contribution in [0.4, 0.5) is 33.7 Å². The molecule has 11 nitrogen and oxygen atoms in total. The zero-order valence-corrected chi connectivity index (χ0v) is 25.2. The smallest absolute Gasteiger partial charge is 0.427 e. The number of rotatable bonds is 8. The first-order chi connectivity index (χ1) is 19.9. The van der Waals surface area contributed by atoms with Crippen LogP contribution in [0.2, 0.25) is 0 Å². The van der Waals surface area contributed by atoms with E-state index < -0.39 is 50.0 Å². The van der Waals surface area contributed by atoms with Crippen LogP contribution < -0.4 is 19.1 Å². The van der Waals surface area contributed by atoms with E-state index in [2.05, 4.69) is 14.8 Å². The predicted molar refractivity (Wildman–Crippen MR) is 149 cm³/mol. The number of carbonyl (C=O) groups excluding carboxylic acids is 1. The topological polar surface area (TPSA) is 134 Å². The summed E-state index contributed by atoms with van der Waals surface area (Å²) in [6, 6.07) is 7.49. The molecule has 0 spiro atoms. The molecule has 2 aliphatic rings. The fraction of sp³-hybridized carbons (Fsp3) is 0.500. The number of fused-ring (bicyclic) bond motifs is 1. The molecule has 2 atom stereocenters. The number of hydrogen-bond donors (Lipinski definition) is 2. The van der Waals surface area contributed by atoms with Gasteiger partial charge in [0.1, 0.15) is 17.7 Å². The number of nitrogens with zero attached hydrogens (tertiary/aromatic N) is 2. The fourth-order valence-electron chi connectivity index (χ4n) is 4.60. The summed E-state index contributed by atoms with van der Waals surface area (Å²) in [6.07, 6.45) is -4.98. The van der Waals surface area contributed by atoms with Crippen LogP contribution in [0.5, 0.6) is 5.75 Å². The van der Waals surface area contributed by atoms with E-state index in [1.807, 2.05) is 0 Å². The molecule has 0 aliphatic carbocycles. The lowest BCUT2D eigenvalue weighted by atomic mass is 10.1. The summed E-state index contributed by atoms with van der Waals surface area (Å²) in [7, 11) is -8.31. The van der Waals surface area contributed by atoms with Crippen LogP contribution in [0, 0.1) is 5.82 Å². The van der Waals surface area contributed by atoms with Crippen molar-refractivity contribution in [3.63, 3.8) is 0 Å². The molecule has 2 aliphatic heterocycles. The van der Waals surface area contributed by atoms with E-state index in [4.69, 9.17) is 4.74 Å². The van der Waals surface area contributed by atoms with E-state index in [9.17, 15) is 39.2 Å². The van der Waals surface area contributed by atoms with Crippen LogP contribution in [-0.2, 0) is 25.0 Å². The molecular formula is C26H32F4N4O7S2. The maximum absolute atomic E-state index is 13.7. The molecule has 2 N–H and O–H groups in total. The van der Waals surface area contributed by atoms with Gasteiger partial charge in [-0.25, -0.2) is 17.6 Å². The highest BCUT2D eigenvalue weighted by Gasteiger charge is 2.51. The summed E-state index contributed by atoms with van der Waals surface area (Å²) in [5.41, 5.74) is -3.01. The third-order valence-electron chi connectivity index (χ3n) is 7.11. The van der Waals surface area contributed by atoms with Gasteiger partial charge in [-0.15, -0.1) is 0 Å². The molecule has 0 bridgehead atoms. The molecule has 1 saturated heterocycles. The van der Waals surface area contributed by atoms with Crippen molar-refractivity contribution in [3.05, 3.63) is 48.3 Å². The fourth-order valence-corrected chi connectivity index (χ4v) is 7.61. The number of sulfonamides is 1. The Morgan fingerprint density at radius 1 is 1.07 bits per heavy atom. The van der Waals surface area contributed by atoms with Crippen molar-refractivity contribution in [1.82, 2.24) is 9.03 Å². The van der Waals surface area contributed by atoms with Gasteiger partial charge in [-0.3, -0.25) is 9.62 Å². The van der Waals surface area contributed by atoms with Gasteiger partial charge in [0.25, 0.3) is 20.2 Å².